The highest BCUT2D eigenvalue weighted by Crippen LogP contribution is 2.40. The second-order valence-electron chi connectivity index (χ2n) is 6.79. The molecule has 0 radical (unpaired) electrons. The van der Waals surface area contributed by atoms with Gasteiger partial charge in [-0.15, -0.1) is 0 Å². The van der Waals surface area contributed by atoms with Gasteiger partial charge in [0.1, 0.15) is 5.82 Å². The summed E-state index contributed by atoms with van der Waals surface area (Å²) in [5.41, 5.74) is 2.07. The zero-order chi connectivity index (χ0) is 16.7. The molecule has 0 spiro atoms. The molecule has 4 rings (SSSR count). The molecule has 2 aliphatic carbocycles. The van der Waals surface area contributed by atoms with Gasteiger partial charge < -0.3 is 10.4 Å². The first-order valence-corrected chi connectivity index (χ1v) is 8.50. The van der Waals surface area contributed by atoms with E-state index in [0.717, 1.165) is 11.1 Å². The van der Waals surface area contributed by atoms with Crippen LogP contribution >= 0.6 is 0 Å². The Labute approximate surface area is 140 Å². The molecular weight excluding hydrogens is 304 g/mol. The summed E-state index contributed by atoms with van der Waals surface area (Å²) in [7, 11) is 0. The van der Waals surface area contributed by atoms with Crippen LogP contribution in [0.3, 0.4) is 0 Å². The normalized spacial score (nSPS) is 23.6. The molecule has 3 unspecified atom stereocenters. The minimum atomic E-state index is -0.594. The second kappa shape index (κ2) is 5.94. The quantitative estimate of drug-likeness (QED) is 0.808. The highest BCUT2D eigenvalue weighted by atomic mass is 16.3. The van der Waals surface area contributed by atoms with Crippen molar-refractivity contribution in [3.05, 3.63) is 47.7 Å². The molecular formula is C18H22N4O2. The van der Waals surface area contributed by atoms with Crippen LogP contribution in [0.25, 0.3) is 0 Å². The lowest BCUT2D eigenvalue weighted by molar-refractivity contribution is 0.144. The largest absolute Gasteiger partial charge is 0.390 e. The van der Waals surface area contributed by atoms with Crippen LogP contribution < -0.4 is 10.6 Å². The Bertz CT molecular complexity index is 753. The third-order valence-corrected chi connectivity index (χ3v) is 5.09. The molecule has 6 nitrogen and oxygen atoms in total. The van der Waals surface area contributed by atoms with Gasteiger partial charge in [0.05, 0.1) is 24.4 Å². The van der Waals surface area contributed by atoms with Gasteiger partial charge in [-0.2, -0.15) is 5.10 Å². The highest BCUT2D eigenvalue weighted by molar-refractivity contribution is 5.88. The van der Waals surface area contributed by atoms with Crippen molar-refractivity contribution in [2.24, 2.45) is 5.92 Å². The summed E-state index contributed by atoms with van der Waals surface area (Å²) in [5.74, 6) is 1.34. The maximum absolute atomic E-state index is 12.4. The molecule has 3 N–H and O–H groups in total. The van der Waals surface area contributed by atoms with Crippen LogP contribution in [-0.4, -0.2) is 27.0 Å². The fourth-order valence-electron chi connectivity index (χ4n) is 3.56. The number of urea groups is 1. The molecule has 2 amide bonds. The van der Waals surface area contributed by atoms with Gasteiger partial charge >= 0.3 is 6.03 Å². The summed E-state index contributed by atoms with van der Waals surface area (Å²) in [6.07, 6.45) is 4.12. The average molecular weight is 326 g/mol. The van der Waals surface area contributed by atoms with Crippen LogP contribution in [0.1, 0.15) is 43.0 Å². The molecule has 1 fully saturated rings. The van der Waals surface area contributed by atoms with Crippen molar-refractivity contribution in [2.75, 3.05) is 5.32 Å². The Morgan fingerprint density at radius 2 is 2.12 bits per heavy atom. The average Bonchev–Trinajstić information content (AvgIpc) is 3.25. The molecule has 1 aromatic carbocycles. The van der Waals surface area contributed by atoms with Crippen molar-refractivity contribution >= 4 is 11.8 Å². The van der Waals surface area contributed by atoms with Crippen molar-refractivity contribution in [3.63, 3.8) is 0 Å². The molecule has 2 aliphatic rings. The summed E-state index contributed by atoms with van der Waals surface area (Å²) in [4.78, 5) is 12.4. The van der Waals surface area contributed by atoms with Crippen LogP contribution in [0.5, 0.6) is 0 Å². The Morgan fingerprint density at radius 1 is 1.33 bits per heavy atom. The van der Waals surface area contributed by atoms with Gasteiger partial charge in [-0.3, -0.25) is 5.32 Å². The van der Waals surface area contributed by atoms with E-state index in [4.69, 9.17) is 0 Å². The SMILES string of the molecule is CC(C1CC1)n1nccc1NC(=O)NC1c2ccccc2CC1O. The number of nitrogens with zero attached hydrogens (tertiary/aromatic N) is 2. The van der Waals surface area contributed by atoms with E-state index >= 15 is 0 Å². The Hall–Kier alpha value is -2.34. The number of nitrogens with one attached hydrogen (secondary N) is 2. The number of rotatable bonds is 4. The van der Waals surface area contributed by atoms with Gasteiger partial charge in [0.25, 0.3) is 0 Å². The Kier molecular flexibility index (Phi) is 3.76. The Balaban J connectivity index is 1.45. The number of carbonyl (C=O) groups is 1. The molecule has 0 saturated heterocycles. The summed E-state index contributed by atoms with van der Waals surface area (Å²) in [6, 6.07) is 9.21. The Morgan fingerprint density at radius 3 is 2.92 bits per heavy atom. The minimum Gasteiger partial charge on any atom is -0.390 e. The van der Waals surface area contributed by atoms with Gasteiger partial charge in [-0.25, -0.2) is 9.48 Å². The third-order valence-electron chi connectivity index (χ3n) is 5.09. The predicted octanol–water partition coefficient (Wildman–Crippen LogP) is 2.63. The van der Waals surface area contributed by atoms with Gasteiger partial charge in [-0.05, 0) is 36.8 Å². The molecule has 24 heavy (non-hydrogen) atoms. The summed E-state index contributed by atoms with van der Waals surface area (Å²) >= 11 is 0. The van der Waals surface area contributed by atoms with E-state index in [0.29, 0.717) is 18.2 Å². The van der Waals surface area contributed by atoms with Gasteiger partial charge in [0.15, 0.2) is 0 Å². The predicted molar refractivity (Wildman–Crippen MR) is 90.7 cm³/mol. The fourth-order valence-corrected chi connectivity index (χ4v) is 3.56. The third kappa shape index (κ3) is 2.78. The first kappa shape index (κ1) is 15.2. The van der Waals surface area contributed by atoms with E-state index in [1.807, 2.05) is 28.9 Å². The topological polar surface area (TPSA) is 79.2 Å². The number of hydrogen-bond acceptors (Lipinski definition) is 3. The molecule has 1 aromatic heterocycles. The maximum atomic E-state index is 12.4. The van der Waals surface area contributed by atoms with Crippen molar-refractivity contribution in [1.29, 1.82) is 0 Å². The van der Waals surface area contributed by atoms with Crippen molar-refractivity contribution in [3.8, 4) is 0 Å². The van der Waals surface area contributed by atoms with Crippen molar-refractivity contribution in [2.45, 2.75) is 44.4 Å². The number of aliphatic hydroxyl groups excluding tert-OH is 1. The van der Waals surface area contributed by atoms with Crippen molar-refractivity contribution in [1.82, 2.24) is 15.1 Å². The van der Waals surface area contributed by atoms with E-state index in [1.54, 1.807) is 12.3 Å². The summed E-state index contributed by atoms with van der Waals surface area (Å²) in [5, 5.41) is 20.4. The number of carbonyl (C=O) groups excluding carboxylic acids is 1. The van der Waals surface area contributed by atoms with Crippen LogP contribution in [-0.2, 0) is 6.42 Å². The number of benzene rings is 1. The molecule has 1 saturated carbocycles. The maximum Gasteiger partial charge on any atom is 0.320 e. The summed E-state index contributed by atoms with van der Waals surface area (Å²) in [6.45, 7) is 2.13. The van der Waals surface area contributed by atoms with E-state index in [2.05, 4.69) is 22.7 Å². The molecule has 0 aliphatic heterocycles. The molecule has 2 aromatic rings. The molecule has 1 heterocycles. The van der Waals surface area contributed by atoms with Crippen LogP contribution in [0.4, 0.5) is 10.6 Å². The minimum absolute atomic E-state index is 0.285. The lowest BCUT2D eigenvalue weighted by atomic mass is 10.1. The smallest absolute Gasteiger partial charge is 0.320 e. The zero-order valence-corrected chi connectivity index (χ0v) is 13.6. The lowest BCUT2D eigenvalue weighted by Gasteiger charge is -2.20. The van der Waals surface area contributed by atoms with E-state index in [-0.39, 0.29) is 18.1 Å². The van der Waals surface area contributed by atoms with Gasteiger partial charge in [0.2, 0.25) is 0 Å². The first-order valence-electron chi connectivity index (χ1n) is 8.50. The monoisotopic (exact) mass is 326 g/mol. The van der Waals surface area contributed by atoms with Crippen LogP contribution in [0.15, 0.2) is 36.5 Å². The van der Waals surface area contributed by atoms with E-state index < -0.39 is 6.10 Å². The molecule has 6 heteroatoms. The van der Waals surface area contributed by atoms with E-state index in [9.17, 15) is 9.90 Å². The van der Waals surface area contributed by atoms with Gasteiger partial charge in [0, 0.05) is 12.5 Å². The number of amides is 2. The molecule has 3 atom stereocenters. The standard InChI is InChI=1S/C18H22N4O2/c1-11(12-6-7-12)22-16(8-9-19-22)20-18(24)21-17-14-5-3-2-4-13(14)10-15(17)23/h2-5,8-9,11-12,15,17,23H,6-7,10H2,1H3,(H2,20,21,24). The molecule has 126 valence electrons. The van der Waals surface area contributed by atoms with Gasteiger partial charge in [-0.1, -0.05) is 24.3 Å². The number of hydrogen-bond donors (Lipinski definition) is 3. The summed E-state index contributed by atoms with van der Waals surface area (Å²) < 4.78 is 1.87. The van der Waals surface area contributed by atoms with E-state index in [1.165, 1.54) is 12.8 Å². The first-order chi connectivity index (χ1) is 11.6. The fraction of sp³-hybridized carbons (Fsp3) is 0.444. The van der Waals surface area contributed by atoms with Crippen molar-refractivity contribution < 1.29 is 9.90 Å². The molecule has 0 bridgehead atoms. The zero-order valence-electron chi connectivity index (χ0n) is 13.6. The number of fused-ring (bicyclic) bond motifs is 1. The lowest BCUT2D eigenvalue weighted by Crippen LogP contribution is -2.37. The second-order valence-corrected chi connectivity index (χ2v) is 6.79. The number of anilines is 1. The van der Waals surface area contributed by atoms with Crippen LogP contribution in [0, 0.1) is 5.92 Å². The number of aliphatic hydroxyl groups is 1. The van der Waals surface area contributed by atoms with Crippen LogP contribution in [0.2, 0.25) is 0 Å². The number of aromatic nitrogens is 2. The highest BCUT2D eigenvalue weighted by Gasteiger charge is 2.33.